The molecule has 3 aromatic rings. The van der Waals surface area contributed by atoms with Crippen molar-refractivity contribution in [3.8, 4) is 27.6 Å². The van der Waals surface area contributed by atoms with Crippen molar-refractivity contribution >= 4 is 28.6 Å². The molecule has 6 N–H and O–H groups in total. The van der Waals surface area contributed by atoms with Gasteiger partial charge >= 0.3 is 0 Å². The zero-order valence-corrected chi connectivity index (χ0v) is 23.7. The molecule has 0 spiro atoms. The number of amides is 1. The zero-order valence-electron chi connectivity index (χ0n) is 22.9. The Morgan fingerprint density at radius 2 is 2.00 bits per heavy atom. The van der Waals surface area contributed by atoms with E-state index in [-0.39, 0.29) is 61.9 Å². The molecule has 1 aromatic heterocycles. The average Bonchev–Trinajstić information content (AvgIpc) is 3.42. The second-order valence-corrected chi connectivity index (χ2v) is 11.4. The quantitative estimate of drug-likeness (QED) is 0.249. The average molecular weight is 601 g/mol. The summed E-state index contributed by atoms with van der Waals surface area (Å²) in [4.78, 5) is 15.5. The van der Waals surface area contributed by atoms with E-state index < -0.39 is 29.6 Å². The molecular formula is C29H31F3N6O3S. The van der Waals surface area contributed by atoms with Crippen LogP contribution in [0, 0.1) is 28.8 Å². The van der Waals surface area contributed by atoms with Crippen molar-refractivity contribution in [1.29, 1.82) is 5.26 Å². The number of hydrazine groups is 1. The van der Waals surface area contributed by atoms with Crippen LogP contribution in [0.25, 0.3) is 21.6 Å². The molecule has 0 bridgehead atoms. The standard InChI is InChI=1S/C29H31F3N6O3S/c1-36-38(22-14-41-8-6-23(22)39)27-21(35)10-19(25(31)26(27)32)28-18(15-4-5-16(12-33)20(30)9-15)11-24(42-28)29(40)37-7-2-3-17(34)13-37/h4-5,9-11,17,22-23,36,39H,2-3,6-8,13-14,34-35H2,1H3/t17-,22?,23?/m1/s1. The third-order valence-corrected chi connectivity index (χ3v) is 8.80. The van der Waals surface area contributed by atoms with Gasteiger partial charge in [0.15, 0.2) is 11.6 Å². The van der Waals surface area contributed by atoms with Crippen molar-refractivity contribution in [1.82, 2.24) is 10.3 Å². The molecule has 2 aliphatic rings. The van der Waals surface area contributed by atoms with Crippen LogP contribution in [0.3, 0.4) is 0 Å². The van der Waals surface area contributed by atoms with Crippen molar-refractivity contribution in [2.24, 2.45) is 5.73 Å². The number of nitrogens with one attached hydrogen (secondary N) is 1. The second kappa shape index (κ2) is 12.3. The van der Waals surface area contributed by atoms with E-state index in [1.165, 1.54) is 36.3 Å². The molecule has 0 saturated carbocycles. The number of carbonyl (C=O) groups excluding carboxylic acids is 1. The predicted octanol–water partition coefficient (Wildman–Crippen LogP) is 3.61. The number of benzene rings is 2. The lowest BCUT2D eigenvalue weighted by molar-refractivity contribution is -0.00845. The monoisotopic (exact) mass is 600 g/mol. The molecule has 13 heteroatoms. The summed E-state index contributed by atoms with van der Waals surface area (Å²) in [7, 11) is 1.49. The Morgan fingerprint density at radius 1 is 1.21 bits per heavy atom. The molecule has 3 atom stereocenters. The maximum Gasteiger partial charge on any atom is 0.264 e. The number of nitriles is 1. The predicted molar refractivity (Wildman–Crippen MR) is 154 cm³/mol. The van der Waals surface area contributed by atoms with Gasteiger partial charge in [-0.2, -0.15) is 5.26 Å². The Morgan fingerprint density at radius 3 is 2.67 bits per heavy atom. The van der Waals surface area contributed by atoms with Crippen LogP contribution in [0.5, 0.6) is 0 Å². The zero-order chi connectivity index (χ0) is 30.1. The van der Waals surface area contributed by atoms with Gasteiger partial charge in [0.25, 0.3) is 5.91 Å². The third kappa shape index (κ3) is 5.56. The van der Waals surface area contributed by atoms with Crippen molar-refractivity contribution in [2.45, 2.75) is 37.5 Å². The number of piperidine rings is 1. The molecule has 1 amide bonds. The summed E-state index contributed by atoms with van der Waals surface area (Å²) < 4.78 is 52.0. The molecule has 0 radical (unpaired) electrons. The molecule has 2 aromatic carbocycles. The highest BCUT2D eigenvalue weighted by molar-refractivity contribution is 7.18. The van der Waals surface area contributed by atoms with Crippen molar-refractivity contribution in [2.75, 3.05) is 44.1 Å². The number of likely N-dealkylation sites (tertiary alicyclic amines) is 1. The number of thiophene rings is 1. The number of nitrogens with two attached hydrogens (primary N) is 2. The van der Waals surface area contributed by atoms with Crippen LogP contribution in [0.4, 0.5) is 24.5 Å². The van der Waals surface area contributed by atoms with Gasteiger partial charge in [0.05, 0.1) is 34.9 Å². The normalized spacial score (nSPS) is 20.8. The van der Waals surface area contributed by atoms with Gasteiger partial charge < -0.3 is 26.2 Å². The lowest BCUT2D eigenvalue weighted by atomic mass is 9.99. The van der Waals surface area contributed by atoms with Crippen molar-refractivity contribution in [3.05, 3.63) is 58.2 Å². The van der Waals surface area contributed by atoms with Crippen LogP contribution in [-0.4, -0.2) is 67.5 Å². The molecule has 222 valence electrons. The first-order chi connectivity index (χ1) is 20.1. The molecule has 0 aliphatic carbocycles. The minimum atomic E-state index is -1.27. The van der Waals surface area contributed by atoms with Crippen molar-refractivity contribution in [3.63, 3.8) is 0 Å². The molecule has 2 aliphatic heterocycles. The van der Waals surface area contributed by atoms with Crippen LogP contribution >= 0.6 is 11.3 Å². The number of hydrogen-bond acceptors (Lipinski definition) is 9. The summed E-state index contributed by atoms with van der Waals surface area (Å²) in [5, 5.41) is 20.9. The van der Waals surface area contributed by atoms with E-state index in [0.29, 0.717) is 26.1 Å². The lowest BCUT2D eigenvalue weighted by Gasteiger charge is -2.38. The summed E-state index contributed by atoms with van der Waals surface area (Å²) in [6.45, 7) is 1.26. The highest BCUT2D eigenvalue weighted by Crippen LogP contribution is 2.45. The first-order valence-electron chi connectivity index (χ1n) is 13.5. The number of anilines is 2. The van der Waals surface area contributed by atoms with Gasteiger partial charge in [0.2, 0.25) is 0 Å². The summed E-state index contributed by atoms with van der Waals surface area (Å²) in [6.07, 6.45) is 0.959. The van der Waals surface area contributed by atoms with Crippen LogP contribution in [0.2, 0.25) is 0 Å². The van der Waals surface area contributed by atoms with Gasteiger partial charge in [-0.1, -0.05) is 6.07 Å². The van der Waals surface area contributed by atoms with E-state index >= 15 is 8.78 Å². The van der Waals surface area contributed by atoms with Crippen LogP contribution in [0.15, 0.2) is 30.3 Å². The Hall–Kier alpha value is -3.67. The van der Waals surface area contributed by atoms with Gasteiger partial charge in [-0.3, -0.25) is 9.80 Å². The van der Waals surface area contributed by atoms with E-state index in [1.807, 2.05) is 0 Å². The summed E-state index contributed by atoms with van der Waals surface area (Å²) in [5.74, 6) is -3.62. The molecular weight excluding hydrogens is 569 g/mol. The van der Waals surface area contributed by atoms with Crippen molar-refractivity contribution < 1.29 is 27.8 Å². The first-order valence-corrected chi connectivity index (χ1v) is 14.3. The minimum Gasteiger partial charge on any atom is -0.397 e. The second-order valence-electron chi connectivity index (χ2n) is 10.4. The van der Waals surface area contributed by atoms with Gasteiger partial charge in [-0.05, 0) is 49.1 Å². The Bertz CT molecular complexity index is 1540. The van der Waals surface area contributed by atoms with E-state index in [4.69, 9.17) is 21.5 Å². The SMILES string of the molecule is CNN(c1c(N)cc(-c2sc(C(=O)N3CCC[C@@H](N)C3)cc2-c2ccc(C#N)c(F)c2)c(F)c1F)C1COCCC1O. The smallest absolute Gasteiger partial charge is 0.264 e. The number of aliphatic hydroxyl groups excluding tert-OH is 1. The fourth-order valence-electron chi connectivity index (χ4n) is 5.48. The molecule has 2 unspecified atom stereocenters. The number of nitrogens with zero attached hydrogens (tertiary/aromatic N) is 3. The molecule has 3 heterocycles. The topological polar surface area (TPSA) is 141 Å². The van der Waals surface area contributed by atoms with Gasteiger partial charge in [0, 0.05) is 48.8 Å². The number of halogens is 3. The number of nitrogen functional groups attached to an aromatic ring is 1. The van der Waals surface area contributed by atoms with E-state index in [9.17, 15) is 14.3 Å². The van der Waals surface area contributed by atoms with Crippen LogP contribution in [0.1, 0.15) is 34.5 Å². The number of carbonyl (C=O) groups is 1. The fourth-order valence-corrected chi connectivity index (χ4v) is 6.64. The first kappa shape index (κ1) is 29.8. The van der Waals surface area contributed by atoms with E-state index in [2.05, 4.69) is 5.43 Å². The summed E-state index contributed by atoms with van der Waals surface area (Å²) >= 11 is 0.935. The molecule has 42 heavy (non-hydrogen) atoms. The van der Waals surface area contributed by atoms with Gasteiger partial charge in [-0.15, -0.1) is 11.3 Å². The summed E-state index contributed by atoms with van der Waals surface area (Å²) in [6, 6.07) is 7.52. The van der Waals surface area contributed by atoms with Crippen LogP contribution in [-0.2, 0) is 4.74 Å². The number of aliphatic hydroxyl groups is 1. The largest absolute Gasteiger partial charge is 0.397 e. The maximum absolute atomic E-state index is 16.0. The highest BCUT2D eigenvalue weighted by Gasteiger charge is 2.34. The molecule has 2 fully saturated rings. The molecule has 9 nitrogen and oxygen atoms in total. The van der Waals surface area contributed by atoms with Gasteiger partial charge in [-0.25, -0.2) is 18.6 Å². The Labute approximate surface area is 245 Å². The third-order valence-electron chi connectivity index (χ3n) is 7.65. The van der Waals surface area contributed by atoms with Crippen LogP contribution < -0.4 is 21.9 Å². The van der Waals surface area contributed by atoms with E-state index in [1.54, 1.807) is 11.0 Å². The van der Waals surface area contributed by atoms with E-state index in [0.717, 1.165) is 30.2 Å². The Kier molecular flexibility index (Phi) is 8.72. The summed E-state index contributed by atoms with van der Waals surface area (Å²) in [5.41, 5.74) is 14.9. The van der Waals surface area contributed by atoms with Gasteiger partial charge in [0.1, 0.15) is 17.6 Å². The number of rotatable bonds is 6. The number of hydrogen-bond donors (Lipinski definition) is 4. The highest BCUT2D eigenvalue weighted by atomic mass is 32.1. The molecule has 5 rings (SSSR count). The number of ether oxygens (including phenoxy) is 1. The maximum atomic E-state index is 16.0. The molecule has 2 saturated heterocycles. The fraction of sp³-hybridized carbons (Fsp3) is 0.379. The lowest BCUT2D eigenvalue weighted by Crippen LogP contribution is -2.55. The Balaban J connectivity index is 1.63. The minimum absolute atomic E-state index is 0.0647.